The molecule has 1 aliphatic rings. The van der Waals surface area contributed by atoms with Crippen LogP contribution in [0.2, 0.25) is 0 Å². The first kappa shape index (κ1) is 12.3. The van der Waals surface area contributed by atoms with Crippen molar-refractivity contribution in [3.8, 4) is 0 Å². The lowest BCUT2D eigenvalue weighted by molar-refractivity contribution is -0.125. The number of benzene rings is 1. The molecule has 1 saturated heterocycles. The van der Waals surface area contributed by atoms with Gasteiger partial charge in [-0.15, -0.1) is 0 Å². The molecule has 1 aliphatic heterocycles. The Morgan fingerprint density at radius 2 is 2.25 bits per heavy atom. The summed E-state index contributed by atoms with van der Waals surface area (Å²) < 4.78 is 1.66. The number of carbonyl (C=O) groups is 3. The van der Waals surface area contributed by atoms with Crippen molar-refractivity contribution in [1.29, 1.82) is 0 Å². The largest absolute Gasteiger partial charge is 0.340 e. The van der Waals surface area contributed by atoms with Crippen molar-refractivity contribution in [2.45, 2.75) is 12.5 Å². The van der Waals surface area contributed by atoms with Crippen molar-refractivity contribution >= 4 is 28.6 Å². The standard InChI is InChI=1S/C13H12N4O3/c1-17-10-4-7(2-3-8(10)6-14-17)12(19)15-9-5-11(18)16-13(9)20/h2-4,6,9H,5H2,1H3,(H,15,19)(H,16,18,20). The quantitative estimate of drug-likeness (QED) is 0.735. The van der Waals surface area contributed by atoms with Crippen LogP contribution in [0.1, 0.15) is 16.8 Å². The second kappa shape index (κ2) is 4.44. The number of fused-ring (bicyclic) bond motifs is 1. The fourth-order valence-electron chi connectivity index (χ4n) is 2.20. The molecule has 7 heteroatoms. The van der Waals surface area contributed by atoms with Gasteiger partial charge in [0.25, 0.3) is 5.91 Å². The van der Waals surface area contributed by atoms with Crippen LogP contribution in [0.3, 0.4) is 0 Å². The van der Waals surface area contributed by atoms with Gasteiger partial charge in [0.05, 0.1) is 18.1 Å². The van der Waals surface area contributed by atoms with Gasteiger partial charge in [-0.1, -0.05) is 6.07 Å². The molecule has 0 spiro atoms. The van der Waals surface area contributed by atoms with Crippen LogP contribution in [0.15, 0.2) is 24.4 Å². The number of hydrogen-bond donors (Lipinski definition) is 2. The Kier molecular flexibility index (Phi) is 2.74. The van der Waals surface area contributed by atoms with E-state index in [9.17, 15) is 14.4 Å². The molecular weight excluding hydrogens is 260 g/mol. The Labute approximate surface area is 113 Å². The SMILES string of the molecule is Cn1ncc2ccc(C(=O)NC3CC(=O)NC3=O)cc21. The second-order valence-electron chi connectivity index (χ2n) is 4.68. The fraction of sp³-hybridized carbons (Fsp3) is 0.231. The predicted octanol–water partition coefficient (Wildman–Crippen LogP) is -0.282. The molecule has 3 rings (SSSR count). The van der Waals surface area contributed by atoms with Gasteiger partial charge in [-0.2, -0.15) is 5.10 Å². The molecule has 7 nitrogen and oxygen atoms in total. The number of nitrogens with one attached hydrogen (secondary N) is 2. The number of aromatic nitrogens is 2. The molecule has 3 amide bonds. The lowest BCUT2D eigenvalue weighted by Crippen LogP contribution is -2.40. The van der Waals surface area contributed by atoms with E-state index in [1.54, 1.807) is 36.1 Å². The minimum absolute atomic E-state index is 0.0153. The number of hydrogen-bond acceptors (Lipinski definition) is 4. The molecule has 2 N–H and O–H groups in total. The Balaban J connectivity index is 1.83. The molecule has 1 unspecified atom stereocenters. The summed E-state index contributed by atoms with van der Waals surface area (Å²) in [6, 6.07) is 4.36. The molecule has 0 bridgehead atoms. The van der Waals surface area contributed by atoms with Gasteiger partial charge in [0.15, 0.2) is 0 Å². The van der Waals surface area contributed by atoms with E-state index < -0.39 is 11.9 Å². The van der Waals surface area contributed by atoms with E-state index in [2.05, 4.69) is 15.7 Å². The van der Waals surface area contributed by atoms with Gasteiger partial charge in [0.2, 0.25) is 11.8 Å². The highest BCUT2D eigenvalue weighted by atomic mass is 16.2. The van der Waals surface area contributed by atoms with Crippen molar-refractivity contribution in [3.05, 3.63) is 30.0 Å². The minimum Gasteiger partial charge on any atom is -0.340 e. The van der Waals surface area contributed by atoms with Crippen LogP contribution in [-0.2, 0) is 16.6 Å². The summed E-state index contributed by atoms with van der Waals surface area (Å²) in [6.07, 6.45) is 1.69. The summed E-state index contributed by atoms with van der Waals surface area (Å²) in [4.78, 5) is 34.6. The number of imide groups is 1. The van der Waals surface area contributed by atoms with E-state index in [0.717, 1.165) is 10.9 Å². The lowest BCUT2D eigenvalue weighted by Gasteiger charge is -2.09. The van der Waals surface area contributed by atoms with Gasteiger partial charge in [0, 0.05) is 18.0 Å². The molecule has 2 aromatic rings. The van der Waals surface area contributed by atoms with E-state index >= 15 is 0 Å². The van der Waals surface area contributed by atoms with Crippen LogP contribution in [0.5, 0.6) is 0 Å². The monoisotopic (exact) mass is 272 g/mol. The Morgan fingerprint density at radius 1 is 1.45 bits per heavy atom. The zero-order chi connectivity index (χ0) is 14.3. The summed E-state index contributed by atoms with van der Waals surface area (Å²) in [7, 11) is 1.78. The van der Waals surface area contributed by atoms with Gasteiger partial charge in [0.1, 0.15) is 6.04 Å². The minimum atomic E-state index is -0.794. The Morgan fingerprint density at radius 3 is 2.95 bits per heavy atom. The number of carbonyl (C=O) groups excluding carboxylic acids is 3. The smallest absolute Gasteiger partial charge is 0.252 e. The highest BCUT2D eigenvalue weighted by Crippen LogP contribution is 2.15. The van der Waals surface area contributed by atoms with Gasteiger partial charge >= 0.3 is 0 Å². The molecule has 1 fully saturated rings. The third-order valence-corrected chi connectivity index (χ3v) is 3.29. The molecular formula is C13H12N4O3. The van der Waals surface area contributed by atoms with Crippen LogP contribution in [0.4, 0.5) is 0 Å². The predicted molar refractivity (Wildman–Crippen MR) is 69.7 cm³/mol. The van der Waals surface area contributed by atoms with E-state index in [-0.39, 0.29) is 18.2 Å². The maximum Gasteiger partial charge on any atom is 0.252 e. The molecule has 0 radical (unpaired) electrons. The maximum absolute atomic E-state index is 12.1. The van der Waals surface area contributed by atoms with Crippen molar-refractivity contribution in [3.63, 3.8) is 0 Å². The van der Waals surface area contributed by atoms with E-state index in [0.29, 0.717) is 5.56 Å². The molecule has 0 aliphatic carbocycles. The molecule has 0 saturated carbocycles. The van der Waals surface area contributed by atoms with Crippen LogP contribution in [-0.4, -0.2) is 33.5 Å². The highest BCUT2D eigenvalue weighted by molar-refractivity contribution is 6.08. The summed E-state index contributed by atoms with van der Waals surface area (Å²) in [6.45, 7) is 0. The average molecular weight is 272 g/mol. The van der Waals surface area contributed by atoms with Gasteiger partial charge < -0.3 is 5.32 Å². The van der Waals surface area contributed by atoms with Gasteiger partial charge in [-0.25, -0.2) is 0 Å². The van der Waals surface area contributed by atoms with Crippen LogP contribution < -0.4 is 10.6 Å². The Bertz CT molecular complexity index is 734. The molecule has 1 aromatic carbocycles. The zero-order valence-corrected chi connectivity index (χ0v) is 10.7. The first-order valence-electron chi connectivity index (χ1n) is 6.11. The second-order valence-corrected chi connectivity index (χ2v) is 4.68. The fourth-order valence-corrected chi connectivity index (χ4v) is 2.20. The molecule has 102 valence electrons. The van der Waals surface area contributed by atoms with Crippen LogP contribution >= 0.6 is 0 Å². The van der Waals surface area contributed by atoms with Crippen molar-refractivity contribution < 1.29 is 14.4 Å². The lowest BCUT2D eigenvalue weighted by atomic mass is 10.1. The topological polar surface area (TPSA) is 93.1 Å². The van der Waals surface area contributed by atoms with Gasteiger partial charge in [-0.3, -0.25) is 24.4 Å². The van der Waals surface area contributed by atoms with Crippen LogP contribution in [0, 0.1) is 0 Å². The number of aryl methyl sites for hydroxylation is 1. The summed E-state index contributed by atoms with van der Waals surface area (Å²) in [5, 5.41) is 9.73. The van der Waals surface area contributed by atoms with Gasteiger partial charge in [-0.05, 0) is 12.1 Å². The van der Waals surface area contributed by atoms with E-state index in [1.807, 2.05) is 0 Å². The normalized spacial score (nSPS) is 18.4. The maximum atomic E-state index is 12.1. The third-order valence-electron chi connectivity index (χ3n) is 3.29. The van der Waals surface area contributed by atoms with E-state index in [4.69, 9.17) is 0 Å². The highest BCUT2D eigenvalue weighted by Gasteiger charge is 2.31. The molecule has 1 aromatic heterocycles. The molecule has 20 heavy (non-hydrogen) atoms. The summed E-state index contributed by atoms with van der Waals surface area (Å²) >= 11 is 0. The number of rotatable bonds is 2. The molecule has 1 atom stereocenters. The summed E-state index contributed by atoms with van der Waals surface area (Å²) in [5.74, 6) is -1.23. The van der Waals surface area contributed by atoms with E-state index in [1.165, 1.54) is 0 Å². The first-order valence-corrected chi connectivity index (χ1v) is 6.11. The average Bonchev–Trinajstić information content (AvgIpc) is 2.93. The number of amides is 3. The first-order chi connectivity index (χ1) is 9.54. The Hall–Kier alpha value is -2.70. The van der Waals surface area contributed by atoms with Crippen molar-refractivity contribution in [1.82, 2.24) is 20.4 Å². The third kappa shape index (κ3) is 2.03. The molecule has 2 heterocycles. The van der Waals surface area contributed by atoms with Crippen LogP contribution in [0.25, 0.3) is 10.9 Å². The zero-order valence-electron chi connectivity index (χ0n) is 10.7. The number of nitrogens with zero attached hydrogens (tertiary/aromatic N) is 2. The van der Waals surface area contributed by atoms with Crippen molar-refractivity contribution in [2.75, 3.05) is 0 Å². The summed E-state index contributed by atoms with van der Waals surface area (Å²) in [5.41, 5.74) is 1.25. The van der Waals surface area contributed by atoms with Crippen molar-refractivity contribution in [2.24, 2.45) is 7.05 Å².